The van der Waals surface area contributed by atoms with Gasteiger partial charge in [0.05, 0.1) is 11.7 Å². The van der Waals surface area contributed by atoms with E-state index in [2.05, 4.69) is 34.6 Å². The van der Waals surface area contributed by atoms with Crippen LogP contribution in [0, 0.1) is 17.8 Å². The third-order valence-corrected chi connectivity index (χ3v) is 6.13. The molecule has 1 aromatic carbocycles. The van der Waals surface area contributed by atoms with Crippen molar-refractivity contribution in [3.63, 3.8) is 0 Å². The van der Waals surface area contributed by atoms with Crippen molar-refractivity contribution in [1.29, 1.82) is 0 Å². The molecule has 0 radical (unpaired) electrons. The lowest BCUT2D eigenvalue weighted by molar-refractivity contribution is -0.114. The van der Waals surface area contributed by atoms with Gasteiger partial charge in [-0.25, -0.2) is 4.79 Å². The Kier molecular flexibility index (Phi) is 6.54. The first-order valence-corrected chi connectivity index (χ1v) is 9.37. The lowest BCUT2D eigenvalue weighted by Gasteiger charge is -2.43. The number of hydrogen-bond acceptors (Lipinski definition) is 4. The smallest absolute Gasteiger partial charge is 0.338 e. The average Bonchev–Trinajstić information content (AvgIpc) is 2.54. The molecule has 1 fully saturated rings. The monoisotopic (exact) mass is 336 g/mol. The van der Waals surface area contributed by atoms with Crippen molar-refractivity contribution < 1.29 is 14.3 Å². The van der Waals surface area contributed by atoms with Crippen LogP contribution in [0.15, 0.2) is 30.3 Å². The summed E-state index contributed by atoms with van der Waals surface area (Å²) in [6.07, 6.45) is -0.0369. The Bertz CT molecular complexity index is 503. The molecule has 1 heterocycles. The number of carbonyl (C=O) groups excluding carboxylic acids is 1. The molecule has 1 saturated heterocycles. The number of rotatable bonds is 5. The number of hydrogen-bond donors (Lipinski definition) is 0. The molecule has 2 rings (SSSR count). The summed E-state index contributed by atoms with van der Waals surface area (Å²) in [5.74, 6) is 1.14. The predicted molar refractivity (Wildman–Crippen MR) is 95.6 cm³/mol. The molecule has 3 nitrogen and oxygen atoms in total. The Balaban J connectivity index is 1.96. The number of benzene rings is 1. The first-order chi connectivity index (χ1) is 10.9. The molecule has 128 valence electrons. The van der Waals surface area contributed by atoms with Gasteiger partial charge in [-0.15, -0.1) is 11.8 Å². The van der Waals surface area contributed by atoms with Gasteiger partial charge in [-0.2, -0.15) is 0 Å². The number of esters is 1. The van der Waals surface area contributed by atoms with Crippen molar-refractivity contribution in [3.05, 3.63) is 35.9 Å². The van der Waals surface area contributed by atoms with Gasteiger partial charge < -0.3 is 9.47 Å². The number of carbonyl (C=O) groups is 1. The highest BCUT2D eigenvalue weighted by Gasteiger charge is 2.40. The van der Waals surface area contributed by atoms with Crippen LogP contribution in [-0.4, -0.2) is 29.4 Å². The summed E-state index contributed by atoms with van der Waals surface area (Å²) >= 11 is 1.86. The lowest BCUT2D eigenvalue weighted by atomic mass is 9.80. The summed E-state index contributed by atoms with van der Waals surface area (Å²) < 4.78 is 11.8. The molecule has 0 amide bonds. The van der Waals surface area contributed by atoms with Crippen LogP contribution in [-0.2, 0) is 9.47 Å². The molecule has 5 unspecified atom stereocenters. The van der Waals surface area contributed by atoms with Crippen LogP contribution in [0.3, 0.4) is 0 Å². The van der Waals surface area contributed by atoms with Crippen molar-refractivity contribution in [1.82, 2.24) is 0 Å². The molecule has 5 atom stereocenters. The zero-order valence-electron chi connectivity index (χ0n) is 14.7. The predicted octanol–water partition coefficient (Wildman–Crippen LogP) is 4.62. The lowest BCUT2D eigenvalue weighted by Crippen LogP contribution is -2.46. The maximum Gasteiger partial charge on any atom is 0.338 e. The van der Waals surface area contributed by atoms with Crippen molar-refractivity contribution in [2.75, 3.05) is 6.61 Å². The number of thioether (sulfide) groups is 1. The van der Waals surface area contributed by atoms with Crippen LogP contribution in [0.2, 0.25) is 0 Å². The van der Waals surface area contributed by atoms with Crippen LogP contribution >= 0.6 is 11.8 Å². The summed E-state index contributed by atoms with van der Waals surface area (Å²) in [6.45, 7) is 11.4. The molecule has 0 bridgehead atoms. The highest BCUT2D eigenvalue weighted by molar-refractivity contribution is 8.00. The minimum absolute atomic E-state index is 0.0369. The fourth-order valence-electron chi connectivity index (χ4n) is 2.92. The van der Waals surface area contributed by atoms with Gasteiger partial charge in [0.1, 0.15) is 12.0 Å². The van der Waals surface area contributed by atoms with E-state index in [0.29, 0.717) is 35.2 Å². The molecule has 1 aliphatic heterocycles. The van der Waals surface area contributed by atoms with Crippen molar-refractivity contribution in [2.45, 2.75) is 51.4 Å². The van der Waals surface area contributed by atoms with Crippen molar-refractivity contribution >= 4 is 17.7 Å². The quantitative estimate of drug-likeness (QED) is 0.735. The molecule has 23 heavy (non-hydrogen) atoms. The first-order valence-electron chi connectivity index (χ1n) is 8.43. The minimum atomic E-state index is -0.277. The Morgan fingerprint density at radius 3 is 2.39 bits per heavy atom. The van der Waals surface area contributed by atoms with Gasteiger partial charge in [-0.05, 0) is 29.9 Å². The zero-order chi connectivity index (χ0) is 17.0. The summed E-state index contributed by atoms with van der Waals surface area (Å²) in [5.41, 5.74) is 0.757. The molecule has 1 aromatic rings. The van der Waals surface area contributed by atoms with Crippen LogP contribution in [0.5, 0.6) is 0 Å². The summed E-state index contributed by atoms with van der Waals surface area (Å²) in [5, 5.41) is 0.524. The second-order valence-corrected chi connectivity index (χ2v) is 8.45. The maximum atomic E-state index is 12.1. The van der Waals surface area contributed by atoms with E-state index in [1.807, 2.05) is 30.0 Å². The van der Waals surface area contributed by atoms with Crippen LogP contribution < -0.4 is 0 Å². The van der Waals surface area contributed by atoms with E-state index >= 15 is 0 Å². The van der Waals surface area contributed by atoms with Gasteiger partial charge in [0.2, 0.25) is 0 Å². The topological polar surface area (TPSA) is 35.5 Å². The van der Waals surface area contributed by atoms with E-state index in [4.69, 9.17) is 9.47 Å². The van der Waals surface area contributed by atoms with Gasteiger partial charge in [-0.1, -0.05) is 52.8 Å². The van der Waals surface area contributed by atoms with E-state index in [1.165, 1.54) is 0 Å². The van der Waals surface area contributed by atoms with Gasteiger partial charge >= 0.3 is 5.97 Å². The molecule has 0 N–H and O–H groups in total. The standard InChI is InChI=1S/C19H28O3S/c1-12(2)23-19-15(5)13(3)14(4)17(22-19)11-21-18(20)16-9-7-6-8-10-16/h6-10,12-15,17,19H,11H2,1-5H3. The molecule has 0 saturated carbocycles. The second kappa shape index (κ2) is 8.20. The van der Waals surface area contributed by atoms with E-state index in [1.54, 1.807) is 12.1 Å². The van der Waals surface area contributed by atoms with Crippen molar-refractivity contribution in [2.24, 2.45) is 17.8 Å². The molecular weight excluding hydrogens is 308 g/mol. The Hall–Kier alpha value is -1.00. The minimum Gasteiger partial charge on any atom is -0.459 e. The van der Waals surface area contributed by atoms with Gasteiger partial charge in [-0.3, -0.25) is 0 Å². The summed E-state index contributed by atoms with van der Waals surface area (Å²) in [6, 6.07) is 9.12. The van der Waals surface area contributed by atoms with Crippen LogP contribution in [0.1, 0.15) is 45.0 Å². The van der Waals surface area contributed by atoms with Gasteiger partial charge in [0.15, 0.2) is 0 Å². The van der Waals surface area contributed by atoms with E-state index in [-0.39, 0.29) is 17.5 Å². The van der Waals surface area contributed by atoms with Gasteiger partial charge in [0.25, 0.3) is 0 Å². The fourth-order valence-corrected chi connectivity index (χ4v) is 4.16. The normalized spacial score (nSPS) is 31.1. The highest BCUT2D eigenvalue weighted by atomic mass is 32.2. The van der Waals surface area contributed by atoms with Crippen LogP contribution in [0.4, 0.5) is 0 Å². The molecular formula is C19H28O3S. The summed E-state index contributed by atoms with van der Waals surface area (Å²) in [7, 11) is 0. The first kappa shape index (κ1) is 18.3. The molecule has 0 aromatic heterocycles. The zero-order valence-corrected chi connectivity index (χ0v) is 15.5. The van der Waals surface area contributed by atoms with E-state index < -0.39 is 0 Å². The molecule has 4 heteroatoms. The largest absolute Gasteiger partial charge is 0.459 e. The SMILES string of the molecule is CC(C)SC1OC(COC(=O)c2ccccc2)C(C)C(C)C1C. The highest BCUT2D eigenvalue weighted by Crippen LogP contribution is 2.40. The van der Waals surface area contributed by atoms with E-state index in [0.717, 1.165) is 0 Å². The Labute approximate surface area is 144 Å². The molecule has 0 aliphatic carbocycles. The van der Waals surface area contributed by atoms with Crippen molar-refractivity contribution in [3.8, 4) is 0 Å². The fraction of sp³-hybridized carbons (Fsp3) is 0.632. The molecule has 1 aliphatic rings. The number of ether oxygens (including phenoxy) is 2. The van der Waals surface area contributed by atoms with Crippen LogP contribution in [0.25, 0.3) is 0 Å². The maximum absolute atomic E-state index is 12.1. The Morgan fingerprint density at radius 1 is 1.13 bits per heavy atom. The Morgan fingerprint density at radius 2 is 1.78 bits per heavy atom. The third-order valence-electron chi connectivity index (χ3n) is 4.78. The second-order valence-electron chi connectivity index (χ2n) is 6.77. The molecule has 0 spiro atoms. The summed E-state index contributed by atoms with van der Waals surface area (Å²) in [4.78, 5) is 12.1. The van der Waals surface area contributed by atoms with Gasteiger partial charge in [0, 0.05) is 5.25 Å². The average molecular weight is 336 g/mol. The third kappa shape index (κ3) is 4.74. The van der Waals surface area contributed by atoms with E-state index in [9.17, 15) is 4.79 Å².